The highest BCUT2D eigenvalue weighted by Crippen LogP contribution is 2.49. The summed E-state index contributed by atoms with van der Waals surface area (Å²) < 4.78 is 5.80. The van der Waals surface area contributed by atoms with Crippen LogP contribution in [0.2, 0.25) is 0 Å². The van der Waals surface area contributed by atoms with Gasteiger partial charge in [0.15, 0.2) is 0 Å². The van der Waals surface area contributed by atoms with E-state index in [0.717, 1.165) is 47.8 Å². The van der Waals surface area contributed by atoms with Gasteiger partial charge < -0.3 is 26.8 Å². The van der Waals surface area contributed by atoms with Crippen LogP contribution in [0, 0.1) is 0 Å². The Kier molecular flexibility index (Phi) is 4.70. The van der Waals surface area contributed by atoms with E-state index in [9.17, 15) is 4.79 Å². The van der Waals surface area contributed by atoms with Crippen LogP contribution in [0.3, 0.4) is 0 Å². The summed E-state index contributed by atoms with van der Waals surface area (Å²) in [7, 11) is 0. The number of hydrogen-bond donors (Lipinski definition) is 3. The van der Waals surface area contributed by atoms with Crippen molar-refractivity contribution in [2.75, 3.05) is 24.6 Å². The number of primary amides is 1. The Morgan fingerprint density at radius 1 is 1.35 bits per heavy atom. The molecule has 2 unspecified atom stereocenters. The summed E-state index contributed by atoms with van der Waals surface area (Å²) in [6.07, 6.45) is 1.97. The highest BCUT2D eigenvalue weighted by Gasteiger charge is 2.37. The van der Waals surface area contributed by atoms with E-state index in [1.165, 1.54) is 11.8 Å². The lowest BCUT2D eigenvalue weighted by molar-refractivity contribution is -0.117. The van der Waals surface area contributed by atoms with Crippen LogP contribution in [0.25, 0.3) is 0 Å². The lowest BCUT2D eigenvalue weighted by Gasteiger charge is -2.32. The largest absolute Gasteiger partial charge is 0.493 e. The zero-order valence-electron chi connectivity index (χ0n) is 13.3. The minimum Gasteiger partial charge on any atom is -0.493 e. The number of thioether (sulfide) groups is 1. The fourth-order valence-electron chi connectivity index (χ4n) is 3.22. The van der Waals surface area contributed by atoms with Crippen molar-refractivity contribution in [1.29, 1.82) is 0 Å². The van der Waals surface area contributed by atoms with Crippen molar-refractivity contribution in [3.8, 4) is 5.75 Å². The summed E-state index contributed by atoms with van der Waals surface area (Å²) in [5.41, 5.74) is 19.7. The van der Waals surface area contributed by atoms with Crippen molar-refractivity contribution in [2.24, 2.45) is 17.2 Å². The molecule has 3 rings (SSSR count). The third-order valence-electron chi connectivity index (χ3n) is 4.49. The van der Waals surface area contributed by atoms with E-state index in [4.69, 9.17) is 21.9 Å². The number of carbonyl (C=O) groups is 1. The molecule has 0 radical (unpaired) electrons. The predicted octanol–water partition coefficient (Wildman–Crippen LogP) is 0.972. The molecule has 23 heavy (non-hydrogen) atoms. The summed E-state index contributed by atoms with van der Waals surface area (Å²) in [5.74, 6) is 0.380. The van der Waals surface area contributed by atoms with E-state index in [0.29, 0.717) is 6.61 Å². The molecule has 0 aromatic heterocycles. The molecule has 0 bridgehead atoms. The first-order valence-corrected chi connectivity index (χ1v) is 8.92. The van der Waals surface area contributed by atoms with Crippen LogP contribution < -0.4 is 26.8 Å². The first-order chi connectivity index (χ1) is 11.0. The molecule has 1 amide bonds. The Hall–Kier alpha value is -1.44. The van der Waals surface area contributed by atoms with Gasteiger partial charge in [0.2, 0.25) is 5.91 Å². The highest BCUT2D eigenvalue weighted by atomic mass is 32.2. The zero-order valence-corrected chi connectivity index (χ0v) is 14.1. The molecule has 6 nitrogen and oxygen atoms in total. The molecule has 0 saturated carbocycles. The Labute approximate surface area is 140 Å². The van der Waals surface area contributed by atoms with Crippen LogP contribution in [0.5, 0.6) is 5.75 Å². The number of ether oxygens (including phenoxy) is 1. The second-order valence-electron chi connectivity index (χ2n) is 6.08. The average Bonchev–Trinajstić information content (AvgIpc) is 2.86. The quantitative estimate of drug-likeness (QED) is 0.756. The topological polar surface area (TPSA) is 108 Å². The Balaban J connectivity index is 1.95. The van der Waals surface area contributed by atoms with Gasteiger partial charge in [0.1, 0.15) is 11.0 Å². The van der Waals surface area contributed by atoms with Crippen LogP contribution in [0.1, 0.15) is 31.4 Å². The van der Waals surface area contributed by atoms with Crippen LogP contribution in [0.4, 0.5) is 5.69 Å². The number of rotatable bonds is 4. The summed E-state index contributed by atoms with van der Waals surface area (Å²) in [5, 5.41) is -0.436. The zero-order chi connectivity index (χ0) is 16.6. The van der Waals surface area contributed by atoms with Gasteiger partial charge in [-0.15, -0.1) is 11.8 Å². The van der Waals surface area contributed by atoms with Gasteiger partial charge in [0.25, 0.3) is 0 Å². The molecule has 126 valence electrons. The van der Waals surface area contributed by atoms with Crippen molar-refractivity contribution in [1.82, 2.24) is 0 Å². The van der Waals surface area contributed by atoms with E-state index < -0.39 is 11.3 Å². The number of nitrogens with zero attached hydrogens (tertiary/aromatic N) is 1. The number of nitrogens with two attached hydrogens (primary N) is 3. The molecule has 1 saturated heterocycles. The van der Waals surface area contributed by atoms with E-state index >= 15 is 0 Å². The summed E-state index contributed by atoms with van der Waals surface area (Å²) in [6.45, 7) is 4.36. The molecule has 1 aromatic carbocycles. The van der Waals surface area contributed by atoms with Gasteiger partial charge in [-0.2, -0.15) is 0 Å². The minimum absolute atomic E-state index is 0.286. The van der Waals surface area contributed by atoms with Crippen LogP contribution in [-0.2, 0) is 4.79 Å². The first kappa shape index (κ1) is 16.4. The summed E-state index contributed by atoms with van der Waals surface area (Å²) in [4.78, 5) is 14.9. The van der Waals surface area contributed by atoms with Crippen LogP contribution >= 0.6 is 11.8 Å². The maximum atomic E-state index is 11.6. The van der Waals surface area contributed by atoms with Gasteiger partial charge in [0, 0.05) is 41.3 Å². The molecule has 6 N–H and O–H groups in total. The maximum absolute atomic E-state index is 11.6. The van der Waals surface area contributed by atoms with Crippen molar-refractivity contribution >= 4 is 23.4 Å². The number of benzene rings is 1. The Morgan fingerprint density at radius 3 is 2.65 bits per heavy atom. The molecule has 1 aromatic rings. The van der Waals surface area contributed by atoms with Crippen LogP contribution in [-0.4, -0.2) is 36.9 Å². The highest BCUT2D eigenvalue weighted by molar-refractivity contribution is 8.01. The molecular formula is C16H24N4O2S. The second kappa shape index (κ2) is 6.59. The third kappa shape index (κ3) is 3.13. The van der Waals surface area contributed by atoms with E-state index in [1.807, 2.05) is 13.0 Å². The summed E-state index contributed by atoms with van der Waals surface area (Å²) in [6, 6.07) is 4.00. The lowest BCUT2D eigenvalue weighted by Crippen LogP contribution is -2.39. The lowest BCUT2D eigenvalue weighted by atomic mass is 10.0. The number of carbonyl (C=O) groups excluding carboxylic acids is 1. The van der Waals surface area contributed by atoms with Gasteiger partial charge >= 0.3 is 0 Å². The van der Waals surface area contributed by atoms with Crippen molar-refractivity contribution < 1.29 is 9.53 Å². The fraction of sp³-hybridized carbons (Fsp3) is 0.562. The number of hydrogen-bond acceptors (Lipinski definition) is 6. The van der Waals surface area contributed by atoms with Gasteiger partial charge in [-0.25, -0.2) is 0 Å². The van der Waals surface area contributed by atoms with Gasteiger partial charge in [-0.05, 0) is 25.8 Å². The van der Waals surface area contributed by atoms with E-state index in [2.05, 4.69) is 11.0 Å². The average molecular weight is 336 g/mol. The molecule has 1 fully saturated rings. The third-order valence-corrected chi connectivity index (χ3v) is 5.86. The van der Waals surface area contributed by atoms with Crippen molar-refractivity contribution in [3.63, 3.8) is 0 Å². The number of fused-ring (bicyclic) bond motifs is 1. The van der Waals surface area contributed by atoms with Crippen molar-refractivity contribution in [3.05, 3.63) is 17.7 Å². The van der Waals surface area contributed by atoms with Crippen molar-refractivity contribution in [2.45, 2.75) is 42.0 Å². The standard InChI is InChI=1S/C16H24N4O2S/c1-2-22-11-7-10(20-5-3-9(17)4-6-20)8-12-13(11)14(18)15(23-12)16(19)21/h7-9,14-15H,2-6,17-18H2,1H3,(H2,19,21). The van der Waals surface area contributed by atoms with E-state index in [1.54, 1.807) is 0 Å². The smallest absolute Gasteiger partial charge is 0.232 e. The number of anilines is 1. The number of amides is 1. The fourth-order valence-corrected chi connectivity index (χ4v) is 4.45. The Morgan fingerprint density at radius 2 is 2.04 bits per heavy atom. The molecular weight excluding hydrogens is 312 g/mol. The van der Waals surface area contributed by atoms with Gasteiger partial charge in [-0.1, -0.05) is 0 Å². The SMILES string of the molecule is CCOc1cc(N2CCC(N)CC2)cc2c1C(N)C(C(N)=O)S2. The molecule has 0 aliphatic carbocycles. The molecule has 2 heterocycles. The van der Waals surface area contributed by atoms with Gasteiger partial charge in [-0.3, -0.25) is 4.79 Å². The number of piperidine rings is 1. The first-order valence-electron chi connectivity index (χ1n) is 8.04. The second-order valence-corrected chi connectivity index (χ2v) is 7.26. The maximum Gasteiger partial charge on any atom is 0.232 e. The molecule has 2 aliphatic rings. The summed E-state index contributed by atoms with van der Waals surface area (Å²) >= 11 is 1.44. The minimum atomic E-state index is -0.436. The normalized spacial score (nSPS) is 24.6. The monoisotopic (exact) mass is 336 g/mol. The molecule has 2 atom stereocenters. The van der Waals surface area contributed by atoms with Crippen LogP contribution in [0.15, 0.2) is 17.0 Å². The van der Waals surface area contributed by atoms with Gasteiger partial charge in [0.05, 0.1) is 12.6 Å². The van der Waals surface area contributed by atoms with E-state index in [-0.39, 0.29) is 11.9 Å². The molecule has 0 spiro atoms. The molecule has 2 aliphatic heterocycles. The predicted molar refractivity (Wildman–Crippen MR) is 92.8 cm³/mol. The Bertz CT molecular complexity index is 602. The molecule has 7 heteroatoms.